The number of aldehydes is 1. The highest BCUT2D eigenvalue weighted by molar-refractivity contribution is 7.11. The van der Waals surface area contributed by atoms with Gasteiger partial charge in [0.05, 0.1) is 19.8 Å². The summed E-state index contributed by atoms with van der Waals surface area (Å²) in [6.07, 6.45) is 12.1. The fourth-order valence-electron chi connectivity index (χ4n) is 6.90. The predicted molar refractivity (Wildman–Crippen MR) is 193 cm³/mol. The van der Waals surface area contributed by atoms with Gasteiger partial charge in [-0.2, -0.15) is 0 Å². The van der Waals surface area contributed by atoms with Crippen molar-refractivity contribution in [1.29, 1.82) is 0 Å². The van der Waals surface area contributed by atoms with E-state index in [4.69, 9.17) is 9.47 Å². The first kappa shape index (κ1) is 33.4. The number of ether oxygens (including phenoxy) is 2. The summed E-state index contributed by atoms with van der Waals surface area (Å²) in [5, 5.41) is 0. The summed E-state index contributed by atoms with van der Waals surface area (Å²) < 4.78 is 12.6. The van der Waals surface area contributed by atoms with E-state index >= 15 is 0 Å². The van der Waals surface area contributed by atoms with Crippen molar-refractivity contribution < 1.29 is 14.3 Å². The van der Waals surface area contributed by atoms with Crippen molar-refractivity contribution in [2.45, 2.75) is 83.5 Å². The fourth-order valence-corrected chi connectivity index (χ4v) is 7.84. The van der Waals surface area contributed by atoms with Gasteiger partial charge in [0.15, 0.2) is 0 Å². The minimum atomic E-state index is -0.0916. The Balaban J connectivity index is 1.14. The van der Waals surface area contributed by atoms with Crippen LogP contribution in [0.15, 0.2) is 103 Å². The zero-order valence-electron chi connectivity index (χ0n) is 27.9. The molecule has 0 bridgehead atoms. The van der Waals surface area contributed by atoms with Crippen molar-refractivity contribution in [3.8, 4) is 0 Å². The van der Waals surface area contributed by atoms with Crippen LogP contribution >= 0.6 is 11.3 Å². The van der Waals surface area contributed by atoms with Crippen LogP contribution in [0.2, 0.25) is 0 Å². The molecular formula is C42H49NO3S. The van der Waals surface area contributed by atoms with Crippen LogP contribution in [0.5, 0.6) is 0 Å². The monoisotopic (exact) mass is 647 g/mol. The van der Waals surface area contributed by atoms with Crippen LogP contribution in [0.4, 0.5) is 0 Å². The van der Waals surface area contributed by atoms with Crippen LogP contribution in [-0.2, 0) is 40.3 Å². The van der Waals surface area contributed by atoms with Crippen LogP contribution in [-0.4, -0.2) is 31.4 Å². The molecule has 0 spiro atoms. The first-order valence-corrected chi connectivity index (χ1v) is 18.3. The molecule has 3 aromatic carbocycles. The predicted octanol–water partition coefficient (Wildman–Crippen LogP) is 9.98. The third kappa shape index (κ3) is 9.10. The van der Waals surface area contributed by atoms with Gasteiger partial charge in [0.2, 0.25) is 0 Å². The maximum Gasteiger partial charge on any atom is 0.126 e. The van der Waals surface area contributed by atoms with Gasteiger partial charge in [-0.3, -0.25) is 4.90 Å². The smallest absolute Gasteiger partial charge is 0.126 e. The Hall–Kier alpha value is -3.51. The van der Waals surface area contributed by atoms with Crippen molar-refractivity contribution in [2.24, 2.45) is 5.41 Å². The van der Waals surface area contributed by atoms with Gasteiger partial charge >= 0.3 is 0 Å². The lowest BCUT2D eigenvalue weighted by Gasteiger charge is -2.37. The van der Waals surface area contributed by atoms with Crippen molar-refractivity contribution in [1.82, 2.24) is 4.90 Å². The fraction of sp³-hybridized carbons (Fsp3) is 0.405. The molecule has 2 aliphatic rings. The summed E-state index contributed by atoms with van der Waals surface area (Å²) >= 11 is 1.87. The normalized spacial score (nSPS) is 15.9. The second kappa shape index (κ2) is 16.5. The van der Waals surface area contributed by atoms with E-state index in [1.165, 1.54) is 56.7 Å². The number of hydrogen-bond donors (Lipinski definition) is 0. The number of allylic oxidation sites excluding steroid dienone is 1. The van der Waals surface area contributed by atoms with Crippen LogP contribution in [0.1, 0.15) is 89.5 Å². The van der Waals surface area contributed by atoms with E-state index in [1.54, 1.807) is 7.11 Å². The van der Waals surface area contributed by atoms with E-state index in [0.717, 1.165) is 76.8 Å². The van der Waals surface area contributed by atoms with Crippen LogP contribution < -0.4 is 0 Å². The highest BCUT2D eigenvalue weighted by atomic mass is 32.1. The molecule has 4 nitrogen and oxygen atoms in total. The van der Waals surface area contributed by atoms with Gasteiger partial charge in [-0.1, -0.05) is 91.3 Å². The van der Waals surface area contributed by atoms with E-state index in [9.17, 15) is 4.79 Å². The van der Waals surface area contributed by atoms with Crippen LogP contribution in [0.25, 0.3) is 5.76 Å². The zero-order valence-corrected chi connectivity index (χ0v) is 28.7. The van der Waals surface area contributed by atoms with E-state index in [0.29, 0.717) is 6.61 Å². The summed E-state index contributed by atoms with van der Waals surface area (Å²) in [4.78, 5) is 17.1. The molecule has 1 atom stereocenters. The number of methoxy groups -OCH3 is 1. The molecular weight excluding hydrogens is 599 g/mol. The average molecular weight is 648 g/mol. The SMILES string of the molecule is COC(=C1CCC1)c1ccc(CN(CCCC2(C=O)CCC2)CC(OCc2ccc(CCc3ccccc3)s2)c2ccccc2)cc1. The maximum absolute atomic E-state index is 11.9. The van der Waals surface area contributed by atoms with Gasteiger partial charge in [-0.25, -0.2) is 0 Å². The first-order valence-electron chi connectivity index (χ1n) is 17.5. The summed E-state index contributed by atoms with van der Waals surface area (Å²) in [5.41, 5.74) is 6.37. The molecule has 47 heavy (non-hydrogen) atoms. The zero-order chi connectivity index (χ0) is 32.3. The Morgan fingerprint density at radius 1 is 0.851 bits per heavy atom. The minimum absolute atomic E-state index is 0.0579. The van der Waals surface area contributed by atoms with Gasteiger partial charge in [0.25, 0.3) is 0 Å². The third-order valence-corrected chi connectivity index (χ3v) is 11.2. The number of aryl methyl sites for hydroxylation is 2. The van der Waals surface area contributed by atoms with E-state index in [2.05, 4.69) is 102 Å². The second-order valence-electron chi connectivity index (χ2n) is 13.4. The number of carbonyl (C=O) groups is 1. The van der Waals surface area contributed by atoms with Gasteiger partial charge in [0, 0.05) is 33.8 Å². The highest BCUT2D eigenvalue weighted by Gasteiger charge is 2.36. The highest BCUT2D eigenvalue weighted by Crippen LogP contribution is 2.43. The summed E-state index contributed by atoms with van der Waals surface area (Å²) in [7, 11) is 1.79. The molecule has 0 N–H and O–H groups in total. The lowest BCUT2D eigenvalue weighted by atomic mass is 9.67. The molecule has 246 valence electrons. The average Bonchev–Trinajstić information content (AvgIpc) is 3.54. The van der Waals surface area contributed by atoms with Crippen molar-refractivity contribution in [2.75, 3.05) is 20.2 Å². The summed E-state index contributed by atoms with van der Waals surface area (Å²) in [5.74, 6) is 1.05. The number of rotatable bonds is 18. The molecule has 1 unspecified atom stereocenters. The largest absolute Gasteiger partial charge is 0.496 e. The molecule has 1 heterocycles. The second-order valence-corrected chi connectivity index (χ2v) is 14.7. The molecule has 2 aliphatic carbocycles. The Labute approximate surface area is 285 Å². The Bertz CT molecular complexity index is 1570. The first-order chi connectivity index (χ1) is 23.1. The third-order valence-electron chi connectivity index (χ3n) is 10.1. The summed E-state index contributed by atoms with van der Waals surface area (Å²) in [6, 6.07) is 34.8. The molecule has 4 aromatic rings. The van der Waals surface area contributed by atoms with E-state index in [-0.39, 0.29) is 11.5 Å². The Kier molecular flexibility index (Phi) is 11.8. The number of benzene rings is 3. The Morgan fingerprint density at radius 3 is 2.21 bits per heavy atom. The molecule has 0 amide bonds. The number of nitrogens with zero attached hydrogens (tertiary/aromatic N) is 1. The van der Waals surface area contributed by atoms with Gasteiger partial charge in [-0.15, -0.1) is 11.3 Å². The lowest BCUT2D eigenvalue weighted by molar-refractivity contribution is -0.121. The van der Waals surface area contributed by atoms with Crippen LogP contribution in [0, 0.1) is 5.41 Å². The van der Waals surface area contributed by atoms with Crippen molar-refractivity contribution >= 4 is 23.4 Å². The van der Waals surface area contributed by atoms with Crippen molar-refractivity contribution in [3.63, 3.8) is 0 Å². The molecule has 1 aromatic heterocycles. The van der Waals surface area contributed by atoms with Gasteiger partial charge in [-0.05, 0) is 98.7 Å². The van der Waals surface area contributed by atoms with E-state index < -0.39 is 0 Å². The number of hydrogen-bond acceptors (Lipinski definition) is 5. The maximum atomic E-state index is 11.9. The standard InChI is InChI=1S/C42H49NO3S/c1-45-41(36-15-8-16-36)37-20-17-34(18-21-37)29-43(28-10-27-42(32-44)25-9-26-42)30-40(35-13-6-3-7-14-35)46-31-39-24-23-38(47-39)22-19-33-11-4-2-5-12-33/h2-7,11-14,17-18,20-21,23-24,32,40H,8-10,15-16,19,22,25-31H2,1H3. The topological polar surface area (TPSA) is 38.8 Å². The molecule has 5 heteroatoms. The molecule has 2 saturated carbocycles. The van der Waals surface area contributed by atoms with E-state index in [1.807, 2.05) is 11.3 Å². The number of thiophene rings is 1. The van der Waals surface area contributed by atoms with Gasteiger partial charge < -0.3 is 14.3 Å². The quantitative estimate of drug-likeness (QED) is 0.0796. The minimum Gasteiger partial charge on any atom is -0.496 e. The summed E-state index contributed by atoms with van der Waals surface area (Å²) in [6.45, 7) is 3.16. The molecule has 0 saturated heterocycles. The van der Waals surface area contributed by atoms with Crippen LogP contribution in [0.3, 0.4) is 0 Å². The molecule has 6 rings (SSSR count). The molecule has 0 aliphatic heterocycles. The molecule has 0 radical (unpaired) electrons. The van der Waals surface area contributed by atoms with Gasteiger partial charge in [0.1, 0.15) is 12.0 Å². The number of carbonyl (C=O) groups excluding carboxylic acids is 1. The Morgan fingerprint density at radius 2 is 1.57 bits per heavy atom. The lowest BCUT2D eigenvalue weighted by Crippen LogP contribution is -2.34. The molecule has 2 fully saturated rings. The van der Waals surface area contributed by atoms with Crippen molar-refractivity contribution in [3.05, 3.63) is 135 Å².